The molecule has 25 heavy (non-hydrogen) atoms. The lowest BCUT2D eigenvalue weighted by Gasteiger charge is -2.36. The molecule has 0 radical (unpaired) electrons. The molecule has 0 aliphatic rings. The van der Waals surface area contributed by atoms with Crippen LogP contribution >= 0.6 is 8.53 Å². The van der Waals surface area contributed by atoms with Crippen molar-refractivity contribution in [3.05, 3.63) is 0 Å². The molecule has 0 aliphatic carbocycles. The molecule has 5 nitrogen and oxygen atoms in total. The highest BCUT2D eigenvalue weighted by Gasteiger charge is 2.28. The van der Waals surface area contributed by atoms with Gasteiger partial charge in [-0.05, 0) is 60.3 Å². The maximum atomic E-state index is 8.75. The van der Waals surface area contributed by atoms with Crippen molar-refractivity contribution in [1.82, 2.24) is 4.67 Å². The molecule has 0 bridgehead atoms. The van der Waals surface area contributed by atoms with Crippen LogP contribution in [0.3, 0.4) is 0 Å². The van der Waals surface area contributed by atoms with Crippen LogP contribution in [0.1, 0.15) is 74.7 Å². The molecule has 0 N–H and O–H groups in total. The predicted molar refractivity (Wildman–Crippen MR) is 105 cm³/mol. The summed E-state index contributed by atoms with van der Waals surface area (Å²) in [6.45, 7) is 19.0. The van der Waals surface area contributed by atoms with Crippen molar-refractivity contribution in [2.45, 2.75) is 92.3 Å². The fourth-order valence-corrected chi connectivity index (χ4v) is 3.92. The summed E-state index contributed by atoms with van der Waals surface area (Å²) in [5.41, 5.74) is -0.205. The minimum Gasteiger partial charge on any atom is -0.375 e. The van der Waals surface area contributed by atoms with E-state index in [1.165, 1.54) is 0 Å². The van der Waals surface area contributed by atoms with Crippen LogP contribution in [-0.4, -0.2) is 42.2 Å². The Labute approximate surface area is 157 Å². The second-order valence-electron chi connectivity index (χ2n) is 7.92. The quantitative estimate of drug-likeness (QED) is 0.296. The number of rotatable bonds is 14. The molecule has 0 rings (SSSR count). The van der Waals surface area contributed by atoms with E-state index in [2.05, 4.69) is 66.1 Å². The zero-order chi connectivity index (χ0) is 19.5. The zero-order valence-electron chi connectivity index (χ0n) is 17.5. The topological polar surface area (TPSA) is 54.7 Å². The van der Waals surface area contributed by atoms with Crippen LogP contribution in [0.25, 0.3) is 0 Å². The molecule has 1 atom stereocenters. The average molecular weight is 375 g/mol. The molecule has 0 saturated carbocycles. The van der Waals surface area contributed by atoms with E-state index in [0.717, 1.165) is 19.4 Å². The van der Waals surface area contributed by atoms with Gasteiger partial charge in [0.05, 0.1) is 31.3 Å². The van der Waals surface area contributed by atoms with Crippen molar-refractivity contribution < 1.29 is 13.8 Å². The largest absolute Gasteiger partial charge is 0.375 e. The van der Waals surface area contributed by atoms with Crippen molar-refractivity contribution in [3.8, 4) is 6.07 Å². The highest BCUT2D eigenvalue weighted by molar-refractivity contribution is 7.44. The van der Waals surface area contributed by atoms with Crippen molar-refractivity contribution >= 4 is 8.53 Å². The summed E-state index contributed by atoms with van der Waals surface area (Å²) in [6, 6.07) is 2.77. The summed E-state index contributed by atoms with van der Waals surface area (Å²) in [4.78, 5) is 0. The van der Waals surface area contributed by atoms with Gasteiger partial charge in [-0.3, -0.25) is 0 Å². The molecule has 0 heterocycles. The summed E-state index contributed by atoms with van der Waals surface area (Å²) < 4.78 is 20.3. The van der Waals surface area contributed by atoms with Crippen LogP contribution < -0.4 is 0 Å². The van der Waals surface area contributed by atoms with Crippen LogP contribution in [0.5, 0.6) is 0 Å². The second-order valence-corrected chi connectivity index (χ2v) is 9.37. The molecule has 0 aromatic rings. The Bertz CT molecular complexity index is 373. The van der Waals surface area contributed by atoms with E-state index in [1.807, 2.05) is 0 Å². The Hall–Kier alpha value is -0.240. The Balaban J connectivity index is 4.56. The zero-order valence-corrected chi connectivity index (χ0v) is 18.4. The number of ether oxygens (including phenoxy) is 1. The number of hydrogen-bond acceptors (Lipinski definition) is 5. The van der Waals surface area contributed by atoms with E-state index in [0.29, 0.717) is 37.6 Å². The van der Waals surface area contributed by atoms with Gasteiger partial charge in [0.15, 0.2) is 0 Å². The molecule has 0 fully saturated rings. The van der Waals surface area contributed by atoms with E-state index in [1.54, 1.807) is 0 Å². The van der Waals surface area contributed by atoms with E-state index >= 15 is 0 Å². The van der Waals surface area contributed by atoms with Gasteiger partial charge in [0.2, 0.25) is 0 Å². The van der Waals surface area contributed by atoms with Gasteiger partial charge in [-0.25, -0.2) is 4.67 Å². The Morgan fingerprint density at radius 1 is 0.960 bits per heavy atom. The highest BCUT2D eigenvalue weighted by Crippen LogP contribution is 2.46. The third-order valence-corrected chi connectivity index (χ3v) is 5.86. The number of nitriles is 1. The molecule has 0 spiro atoms. The van der Waals surface area contributed by atoms with E-state index < -0.39 is 8.53 Å². The van der Waals surface area contributed by atoms with Gasteiger partial charge in [-0.1, -0.05) is 13.8 Å². The minimum atomic E-state index is -1.16. The van der Waals surface area contributed by atoms with Crippen LogP contribution in [0.15, 0.2) is 0 Å². The molecule has 0 amide bonds. The second kappa shape index (κ2) is 13.0. The lowest BCUT2D eigenvalue weighted by Crippen LogP contribution is -2.34. The van der Waals surface area contributed by atoms with E-state index in [-0.39, 0.29) is 5.60 Å². The maximum Gasteiger partial charge on any atom is 0.259 e. The molecule has 0 aromatic heterocycles. The van der Waals surface area contributed by atoms with Crippen molar-refractivity contribution in [2.24, 2.45) is 5.92 Å². The van der Waals surface area contributed by atoms with Crippen molar-refractivity contribution in [3.63, 3.8) is 0 Å². The summed E-state index contributed by atoms with van der Waals surface area (Å²) in [5, 5.41) is 8.75. The summed E-state index contributed by atoms with van der Waals surface area (Å²) in [5.74, 6) is 0.652. The summed E-state index contributed by atoms with van der Waals surface area (Å²) >= 11 is 0. The number of nitrogens with zero attached hydrogens (tertiary/aromatic N) is 2. The van der Waals surface area contributed by atoms with Crippen molar-refractivity contribution in [1.29, 1.82) is 5.26 Å². The van der Waals surface area contributed by atoms with Gasteiger partial charge in [0.1, 0.15) is 0 Å². The van der Waals surface area contributed by atoms with Crippen LogP contribution in [0.4, 0.5) is 0 Å². The molecule has 0 aromatic carbocycles. The summed E-state index contributed by atoms with van der Waals surface area (Å²) in [7, 11) is -1.16. The van der Waals surface area contributed by atoms with E-state index in [9.17, 15) is 0 Å². The molecule has 0 aliphatic heterocycles. The molecule has 148 valence electrons. The molecular weight excluding hydrogens is 335 g/mol. The van der Waals surface area contributed by atoms with Gasteiger partial charge in [-0.15, -0.1) is 0 Å². The fourth-order valence-electron chi connectivity index (χ4n) is 2.33. The van der Waals surface area contributed by atoms with Gasteiger partial charge in [0.25, 0.3) is 8.53 Å². The lowest BCUT2D eigenvalue weighted by molar-refractivity contribution is -0.0355. The lowest BCUT2D eigenvalue weighted by atomic mass is 10.1. The van der Waals surface area contributed by atoms with Crippen LogP contribution in [0, 0.1) is 17.2 Å². The predicted octanol–water partition coefficient (Wildman–Crippen LogP) is 5.51. The summed E-state index contributed by atoms with van der Waals surface area (Å²) in [6.07, 6.45) is 2.27. The first-order valence-electron chi connectivity index (χ1n) is 9.45. The Kier molecular flexibility index (Phi) is 12.9. The Morgan fingerprint density at radius 2 is 1.52 bits per heavy atom. The maximum absolute atomic E-state index is 8.75. The van der Waals surface area contributed by atoms with Crippen LogP contribution in [0.2, 0.25) is 0 Å². The average Bonchev–Trinajstić information content (AvgIpc) is 2.45. The fraction of sp³-hybridized carbons (Fsp3) is 0.947. The van der Waals surface area contributed by atoms with Gasteiger partial charge < -0.3 is 13.8 Å². The SMILES string of the molecule is CC(C)CCOC(C)(C)CCOP(OCCC#N)N(C(C)C)C(C)C. The normalized spacial score (nSPS) is 13.9. The van der Waals surface area contributed by atoms with Crippen LogP contribution in [-0.2, 0) is 13.8 Å². The molecule has 6 heteroatoms. The molecular formula is C19H39N2O3P. The highest BCUT2D eigenvalue weighted by atomic mass is 31.2. The first-order chi connectivity index (χ1) is 11.6. The van der Waals surface area contributed by atoms with Gasteiger partial charge >= 0.3 is 0 Å². The van der Waals surface area contributed by atoms with Gasteiger partial charge in [-0.2, -0.15) is 5.26 Å². The third kappa shape index (κ3) is 11.9. The first kappa shape index (κ1) is 24.8. The monoisotopic (exact) mass is 374 g/mol. The van der Waals surface area contributed by atoms with E-state index in [4.69, 9.17) is 19.0 Å². The van der Waals surface area contributed by atoms with Gasteiger partial charge in [0, 0.05) is 18.7 Å². The standard InChI is InChI=1S/C19H39N2O3P/c1-16(2)10-14-22-19(7,8)11-15-24-25(23-13-9-12-20)21(17(3)4)18(5)6/h16-18H,9-11,13-15H2,1-8H3. The smallest absolute Gasteiger partial charge is 0.259 e. The minimum absolute atomic E-state index is 0.205. The molecule has 1 unspecified atom stereocenters. The molecule has 0 saturated heterocycles. The third-order valence-electron chi connectivity index (χ3n) is 3.76. The number of hydrogen-bond donors (Lipinski definition) is 0. The van der Waals surface area contributed by atoms with Crippen molar-refractivity contribution in [2.75, 3.05) is 19.8 Å². The first-order valence-corrected chi connectivity index (χ1v) is 10.6. The Morgan fingerprint density at radius 3 is 2.00 bits per heavy atom.